The number of hydrogen-bond acceptors (Lipinski definition) is 3. The first-order chi connectivity index (χ1) is 11.3. The number of aryl methyl sites for hydroxylation is 1. The molecule has 2 rings (SSSR count). The third kappa shape index (κ3) is 6.34. The number of hydrogen-bond donors (Lipinski definition) is 1. The van der Waals surface area contributed by atoms with Crippen molar-refractivity contribution >= 4 is 12.1 Å². The molecule has 0 aromatic heterocycles. The van der Waals surface area contributed by atoms with Gasteiger partial charge in [0.15, 0.2) is 6.61 Å². The van der Waals surface area contributed by atoms with Gasteiger partial charge in [0.1, 0.15) is 5.75 Å². The summed E-state index contributed by atoms with van der Waals surface area (Å²) >= 11 is 0. The van der Waals surface area contributed by atoms with E-state index in [0.29, 0.717) is 12.2 Å². The number of ether oxygens (including phenoxy) is 1. The van der Waals surface area contributed by atoms with Gasteiger partial charge in [-0.3, -0.25) is 4.79 Å². The molecule has 0 fully saturated rings. The molecule has 0 aliphatic carbocycles. The maximum atomic E-state index is 11.6. The zero-order valence-corrected chi connectivity index (χ0v) is 13.4. The van der Waals surface area contributed by atoms with Crippen molar-refractivity contribution < 1.29 is 9.53 Å². The first-order valence-corrected chi connectivity index (χ1v) is 7.84. The third-order valence-electron chi connectivity index (χ3n) is 3.28. The maximum Gasteiger partial charge on any atom is 0.277 e. The lowest BCUT2D eigenvalue weighted by atomic mass is 10.1. The number of benzene rings is 2. The van der Waals surface area contributed by atoms with E-state index in [1.807, 2.05) is 54.6 Å². The molecule has 0 spiro atoms. The molecule has 4 heteroatoms. The highest BCUT2D eigenvalue weighted by atomic mass is 16.5. The number of nitrogens with one attached hydrogen (secondary N) is 1. The van der Waals surface area contributed by atoms with E-state index in [1.54, 1.807) is 6.21 Å². The topological polar surface area (TPSA) is 50.7 Å². The molecule has 4 nitrogen and oxygen atoms in total. The minimum absolute atomic E-state index is 0.0458. The molecule has 1 N–H and O–H groups in total. The van der Waals surface area contributed by atoms with Crippen LogP contribution in [0.5, 0.6) is 5.75 Å². The second-order valence-corrected chi connectivity index (χ2v) is 5.22. The van der Waals surface area contributed by atoms with E-state index in [0.717, 1.165) is 18.4 Å². The molecule has 1 amide bonds. The zero-order chi connectivity index (χ0) is 16.3. The standard InChI is InChI=1S/C19H22N2O2/c1-2-6-16-9-11-18(12-10-16)23-15-19(22)21-20-14-13-17-7-4-3-5-8-17/h3-5,7-12,14H,2,6,13,15H2,1H3,(H,21,22)/b20-14+. The van der Waals surface area contributed by atoms with Crippen LogP contribution in [0.1, 0.15) is 24.5 Å². The Kier molecular flexibility index (Phi) is 6.85. The van der Waals surface area contributed by atoms with Crippen LogP contribution in [0.15, 0.2) is 59.7 Å². The fourth-order valence-electron chi connectivity index (χ4n) is 2.10. The van der Waals surface area contributed by atoms with Crippen molar-refractivity contribution in [2.24, 2.45) is 5.10 Å². The van der Waals surface area contributed by atoms with Crippen molar-refractivity contribution in [3.8, 4) is 5.75 Å². The number of carbonyl (C=O) groups excluding carboxylic acids is 1. The van der Waals surface area contributed by atoms with Crippen LogP contribution in [0, 0.1) is 0 Å². The van der Waals surface area contributed by atoms with Crippen molar-refractivity contribution in [2.75, 3.05) is 6.61 Å². The summed E-state index contributed by atoms with van der Waals surface area (Å²) in [6, 6.07) is 17.8. The molecular weight excluding hydrogens is 288 g/mol. The van der Waals surface area contributed by atoms with Crippen LogP contribution in [-0.2, 0) is 17.6 Å². The number of carbonyl (C=O) groups is 1. The number of amides is 1. The average molecular weight is 310 g/mol. The lowest BCUT2D eigenvalue weighted by Gasteiger charge is -2.06. The van der Waals surface area contributed by atoms with Crippen LogP contribution < -0.4 is 10.2 Å². The summed E-state index contributed by atoms with van der Waals surface area (Å²) in [6.07, 6.45) is 4.52. The monoisotopic (exact) mass is 310 g/mol. The molecular formula is C19H22N2O2. The van der Waals surface area contributed by atoms with Crippen LogP contribution in [0.2, 0.25) is 0 Å². The van der Waals surface area contributed by atoms with Gasteiger partial charge in [0, 0.05) is 12.6 Å². The van der Waals surface area contributed by atoms with Crippen LogP contribution in [0.4, 0.5) is 0 Å². The Bertz CT molecular complexity index is 622. The molecule has 0 saturated carbocycles. The molecule has 0 heterocycles. The maximum absolute atomic E-state index is 11.6. The van der Waals surface area contributed by atoms with Gasteiger partial charge in [-0.25, -0.2) is 5.43 Å². The molecule has 0 aliphatic heterocycles. The molecule has 0 atom stereocenters. The van der Waals surface area contributed by atoms with Gasteiger partial charge in [-0.1, -0.05) is 55.8 Å². The molecule has 0 aliphatic rings. The number of rotatable bonds is 8. The SMILES string of the molecule is CCCc1ccc(OCC(=O)N/N=C/Cc2ccccc2)cc1. The Labute approximate surface area is 137 Å². The molecule has 0 radical (unpaired) electrons. The predicted octanol–water partition coefficient (Wildman–Crippen LogP) is 3.36. The van der Waals surface area contributed by atoms with E-state index in [9.17, 15) is 4.79 Å². The zero-order valence-electron chi connectivity index (χ0n) is 13.4. The van der Waals surface area contributed by atoms with Crippen LogP contribution in [0.3, 0.4) is 0 Å². The van der Waals surface area contributed by atoms with Crippen molar-refractivity contribution in [3.05, 3.63) is 65.7 Å². The minimum atomic E-state index is -0.271. The summed E-state index contributed by atoms with van der Waals surface area (Å²) in [5.74, 6) is 0.417. The summed E-state index contributed by atoms with van der Waals surface area (Å²) in [4.78, 5) is 11.6. The van der Waals surface area contributed by atoms with Gasteiger partial charge in [0.2, 0.25) is 0 Å². The minimum Gasteiger partial charge on any atom is -0.484 e. The summed E-state index contributed by atoms with van der Waals surface area (Å²) < 4.78 is 5.43. The van der Waals surface area contributed by atoms with Gasteiger partial charge in [-0.2, -0.15) is 5.10 Å². The second-order valence-electron chi connectivity index (χ2n) is 5.22. The van der Waals surface area contributed by atoms with Gasteiger partial charge < -0.3 is 4.74 Å². The van der Waals surface area contributed by atoms with Gasteiger partial charge in [0.25, 0.3) is 5.91 Å². The lowest BCUT2D eigenvalue weighted by molar-refractivity contribution is -0.123. The Morgan fingerprint density at radius 2 is 1.83 bits per heavy atom. The normalized spacial score (nSPS) is 10.7. The van der Waals surface area contributed by atoms with Gasteiger partial charge in [0.05, 0.1) is 0 Å². The first kappa shape index (κ1) is 16.7. The molecule has 0 unspecified atom stereocenters. The largest absolute Gasteiger partial charge is 0.484 e. The van der Waals surface area contributed by atoms with Crippen molar-refractivity contribution in [1.82, 2.24) is 5.43 Å². The Morgan fingerprint density at radius 3 is 2.52 bits per heavy atom. The molecule has 0 bridgehead atoms. The van der Waals surface area contributed by atoms with Gasteiger partial charge in [-0.15, -0.1) is 0 Å². The van der Waals surface area contributed by atoms with E-state index in [-0.39, 0.29) is 12.5 Å². The van der Waals surface area contributed by atoms with Crippen LogP contribution in [0.25, 0.3) is 0 Å². The van der Waals surface area contributed by atoms with Crippen molar-refractivity contribution in [2.45, 2.75) is 26.2 Å². The van der Waals surface area contributed by atoms with E-state index in [4.69, 9.17) is 4.74 Å². The summed E-state index contributed by atoms with van der Waals surface area (Å²) in [5.41, 5.74) is 4.88. The highest BCUT2D eigenvalue weighted by Gasteiger charge is 2.01. The molecule has 2 aromatic carbocycles. The van der Waals surface area contributed by atoms with Crippen LogP contribution in [-0.4, -0.2) is 18.7 Å². The summed E-state index contributed by atoms with van der Waals surface area (Å²) in [5, 5.41) is 3.91. The van der Waals surface area contributed by atoms with Crippen molar-refractivity contribution in [1.29, 1.82) is 0 Å². The molecule has 2 aromatic rings. The number of hydrazone groups is 1. The lowest BCUT2D eigenvalue weighted by Crippen LogP contribution is -2.24. The Hall–Kier alpha value is -2.62. The molecule has 0 saturated heterocycles. The fraction of sp³-hybridized carbons (Fsp3) is 0.263. The van der Waals surface area contributed by atoms with Crippen LogP contribution >= 0.6 is 0 Å². The predicted molar refractivity (Wildman–Crippen MR) is 92.7 cm³/mol. The summed E-state index contributed by atoms with van der Waals surface area (Å²) in [7, 11) is 0. The summed E-state index contributed by atoms with van der Waals surface area (Å²) in [6.45, 7) is 2.10. The number of nitrogens with zero attached hydrogens (tertiary/aromatic N) is 1. The van der Waals surface area contributed by atoms with Gasteiger partial charge in [-0.05, 0) is 29.7 Å². The average Bonchev–Trinajstić information content (AvgIpc) is 2.59. The second kappa shape index (κ2) is 9.41. The van der Waals surface area contributed by atoms with E-state index < -0.39 is 0 Å². The van der Waals surface area contributed by atoms with Crippen molar-refractivity contribution in [3.63, 3.8) is 0 Å². The third-order valence-corrected chi connectivity index (χ3v) is 3.28. The highest BCUT2D eigenvalue weighted by Crippen LogP contribution is 2.13. The van der Waals surface area contributed by atoms with E-state index in [2.05, 4.69) is 17.5 Å². The Morgan fingerprint density at radius 1 is 1.09 bits per heavy atom. The smallest absolute Gasteiger partial charge is 0.277 e. The van der Waals surface area contributed by atoms with E-state index in [1.165, 1.54) is 5.56 Å². The van der Waals surface area contributed by atoms with Gasteiger partial charge >= 0.3 is 0 Å². The molecule has 120 valence electrons. The molecule has 23 heavy (non-hydrogen) atoms. The quantitative estimate of drug-likeness (QED) is 0.600. The van der Waals surface area contributed by atoms with E-state index >= 15 is 0 Å². The fourth-order valence-corrected chi connectivity index (χ4v) is 2.10. The Balaban J connectivity index is 1.68. The first-order valence-electron chi connectivity index (χ1n) is 7.84. The highest BCUT2D eigenvalue weighted by molar-refractivity contribution is 5.78.